The fraction of sp³-hybridized carbons (Fsp3) is 0.381. The molecule has 1 heterocycles. The minimum absolute atomic E-state index is 0.118. The Morgan fingerprint density at radius 3 is 2.69 bits per heavy atom. The van der Waals surface area contributed by atoms with E-state index in [0.717, 1.165) is 12.2 Å². The number of ether oxygens (including phenoxy) is 3. The Kier molecular flexibility index (Phi) is 6.00. The Balaban J connectivity index is 1.61. The van der Waals surface area contributed by atoms with Crippen molar-refractivity contribution in [3.8, 4) is 17.2 Å². The quantitative estimate of drug-likeness (QED) is 0.826. The van der Waals surface area contributed by atoms with Crippen molar-refractivity contribution in [1.29, 1.82) is 0 Å². The molecule has 5 nitrogen and oxygen atoms in total. The first-order valence-electron chi connectivity index (χ1n) is 9.09. The first-order valence-corrected chi connectivity index (χ1v) is 9.09. The summed E-state index contributed by atoms with van der Waals surface area (Å²) in [5, 5.41) is 3.00. The molecule has 0 bridgehead atoms. The molecule has 26 heavy (non-hydrogen) atoms. The number of para-hydroxylation sites is 1. The summed E-state index contributed by atoms with van der Waals surface area (Å²) in [7, 11) is 0. The highest BCUT2D eigenvalue weighted by Crippen LogP contribution is 2.29. The smallest absolute Gasteiger partial charge is 0.251 e. The predicted molar refractivity (Wildman–Crippen MR) is 100 cm³/mol. The molecule has 2 aromatic rings. The number of carbonyl (C=O) groups excluding carboxylic acids is 1. The third-order valence-corrected chi connectivity index (χ3v) is 4.31. The molecule has 3 rings (SSSR count). The van der Waals surface area contributed by atoms with Gasteiger partial charge in [0.2, 0.25) is 0 Å². The first-order chi connectivity index (χ1) is 12.7. The molecule has 0 aromatic heterocycles. The summed E-state index contributed by atoms with van der Waals surface area (Å²) in [6, 6.07) is 13.3. The van der Waals surface area contributed by atoms with Crippen LogP contribution in [0.25, 0.3) is 0 Å². The molecule has 138 valence electrons. The molecule has 1 aliphatic rings. The lowest BCUT2D eigenvalue weighted by atomic mass is 9.96. The van der Waals surface area contributed by atoms with Gasteiger partial charge in [0.15, 0.2) is 11.5 Å². The van der Waals surface area contributed by atoms with Crippen LogP contribution in [0, 0.1) is 5.92 Å². The van der Waals surface area contributed by atoms with Gasteiger partial charge < -0.3 is 19.5 Å². The minimum Gasteiger partial charge on any atom is -0.493 e. The summed E-state index contributed by atoms with van der Waals surface area (Å²) >= 11 is 0. The predicted octanol–water partition coefficient (Wildman–Crippen LogP) is 3.47. The van der Waals surface area contributed by atoms with Crippen LogP contribution in [0.4, 0.5) is 0 Å². The maximum atomic E-state index is 12.5. The number of amides is 1. The SMILES string of the molecule is CCOc1ccc(C(=O)NCC2COc3ccccc3C2)cc1OCC. The van der Waals surface area contributed by atoms with Crippen molar-refractivity contribution in [2.75, 3.05) is 26.4 Å². The van der Waals surface area contributed by atoms with E-state index in [1.165, 1.54) is 5.56 Å². The third kappa shape index (κ3) is 4.28. The number of fused-ring (bicyclic) bond motifs is 1. The number of nitrogens with one attached hydrogen (secondary N) is 1. The highest BCUT2D eigenvalue weighted by Gasteiger charge is 2.20. The normalized spacial score (nSPS) is 15.5. The van der Waals surface area contributed by atoms with E-state index in [1.807, 2.05) is 32.0 Å². The molecule has 1 atom stereocenters. The summed E-state index contributed by atoms with van der Waals surface area (Å²) in [6.45, 7) is 6.08. The van der Waals surface area contributed by atoms with Crippen LogP contribution in [0.15, 0.2) is 42.5 Å². The summed E-state index contributed by atoms with van der Waals surface area (Å²) in [5.74, 6) is 2.35. The van der Waals surface area contributed by atoms with Gasteiger partial charge in [-0.15, -0.1) is 0 Å². The number of carbonyl (C=O) groups is 1. The van der Waals surface area contributed by atoms with Crippen molar-refractivity contribution in [2.24, 2.45) is 5.92 Å². The fourth-order valence-electron chi connectivity index (χ4n) is 3.05. The van der Waals surface area contributed by atoms with Gasteiger partial charge in [-0.05, 0) is 50.1 Å². The van der Waals surface area contributed by atoms with Crippen LogP contribution < -0.4 is 19.5 Å². The molecule has 1 aliphatic heterocycles. The second-order valence-corrected chi connectivity index (χ2v) is 6.23. The van der Waals surface area contributed by atoms with Crippen molar-refractivity contribution in [2.45, 2.75) is 20.3 Å². The van der Waals surface area contributed by atoms with E-state index in [1.54, 1.807) is 18.2 Å². The van der Waals surface area contributed by atoms with E-state index in [0.29, 0.717) is 43.4 Å². The Bertz CT molecular complexity index is 759. The van der Waals surface area contributed by atoms with Crippen molar-refractivity contribution < 1.29 is 19.0 Å². The molecule has 1 amide bonds. The zero-order valence-corrected chi connectivity index (χ0v) is 15.3. The zero-order valence-electron chi connectivity index (χ0n) is 15.3. The van der Waals surface area contributed by atoms with Gasteiger partial charge in [0, 0.05) is 18.0 Å². The van der Waals surface area contributed by atoms with E-state index >= 15 is 0 Å². The number of hydrogen-bond acceptors (Lipinski definition) is 4. The highest BCUT2D eigenvalue weighted by molar-refractivity contribution is 5.94. The topological polar surface area (TPSA) is 56.8 Å². The van der Waals surface area contributed by atoms with Gasteiger partial charge >= 0.3 is 0 Å². The molecule has 1 N–H and O–H groups in total. The molecule has 0 aliphatic carbocycles. The van der Waals surface area contributed by atoms with E-state index in [2.05, 4.69) is 11.4 Å². The van der Waals surface area contributed by atoms with E-state index in [-0.39, 0.29) is 11.8 Å². The molecule has 5 heteroatoms. The van der Waals surface area contributed by atoms with Gasteiger partial charge in [-0.25, -0.2) is 0 Å². The van der Waals surface area contributed by atoms with Crippen molar-refractivity contribution in [3.63, 3.8) is 0 Å². The second kappa shape index (κ2) is 8.61. The van der Waals surface area contributed by atoms with Crippen LogP contribution in [0.5, 0.6) is 17.2 Å². The average molecular weight is 355 g/mol. The lowest BCUT2D eigenvalue weighted by Gasteiger charge is -2.25. The molecule has 2 aromatic carbocycles. The van der Waals surface area contributed by atoms with Crippen LogP contribution >= 0.6 is 0 Å². The number of rotatable bonds is 7. The van der Waals surface area contributed by atoms with Crippen LogP contribution in [-0.2, 0) is 6.42 Å². The lowest BCUT2D eigenvalue weighted by Crippen LogP contribution is -2.34. The van der Waals surface area contributed by atoms with E-state index in [4.69, 9.17) is 14.2 Å². The zero-order chi connectivity index (χ0) is 18.4. The summed E-state index contributed by atoms with van der Waals surface area (Å²) < 4.78 is 16.9. The summed E-state index contributed by atoms with van der Waals surface area (Å²) in [6.07, 6.45) is 0.907. The van der Waals surface area contributed by atoms with Crippen LogP contribution in [0.2, 0.25) is 0 Å². The van der Waals surface area contributed by atoms with E-state index < -0.39 is 0 Å². The fourth-order valence-corrected chi connectivity index (χ4v) is 3.05. The molecule has 0 fully saturated rings. The second-order valence-electron chi connectivity index (χ2n) is 6.23. The van der Waals surface area contributed by atoms with Crippen LogP contribution in [0.3, 0.4) is 0 Å². The van der Waals surface area contributed by atoms with Gasteiger partial charge in [0.25, 0.3) is 5.91 Å². The first kappa shape index (κ1) is 18.1. The molecule has 0 radical (unpaired) electrons. The largest absolute Gasteiger partial charge is 0.493 e. The number of benzene rings is 2. The standard InChI is InChI=1S/C21H25NO4/c1-3-24-19-10-9-17(12-20(19)25-4-2)21(23)22-13-15-11-16-7-5-6-8-18(16)26-14-15/h5-10,12,15H,3-4,11,13-14H2,1-2H3,(H,22,23). The summed E-state index contributed by atoms with van der Waals surface area (Å²) in [5.41, 5.74) is 1.76. The molecule has 0 saturated heterocycles. The Labute approximate surface area is 154 Å². The molecule has 0 spiro atoms. The average Bonchev–Trinajstić information content (AvgIpc) is 2.67. The van der Waals surface area contributed by atoms with E-state index in [9.17, 15) is 4.79 Å². The van der Waals surface area contributed by atoms with Gasteiger partial charge in [-0.1, -0.05) is 18.2 Å². The van der Waals surface area contributed by atoms with Gasteiger partial charge in [-0.3, -0.25) is 4.79 Å². The highest BCUT2D eigenvalue weighted by atomic mass is 16.5. The molecular weight excluding hydrogens is 330 g/mol. The maximum Gasteiger partial charge on any atom is 0.251 e. The third-order valence-electron chi connectivity index (χ3n) is 4.31. The molecule has 1 unspecified atom stereocenters. The van der Waals surface area contributed by atoms with Gasteiger partial charge in [0.05, 0.1) is 19.8 Å². The van der Waals surface area contributed by atoms with Crippen LogP contribution in [0.1, 0.15) is 29.8 Å². The Hall–Kier alpha value is -2.69. The monoisotopic (exact) mass is 355 g/mol. The molecular formula is C21H25NO4. The van der Waals surface area contributed by atoms with Crippen molar-refractivity contribution in [3.05, 3.63) is 53.6 Å². The van der Waals surface area contributed by atoms with Gasteiger partial charge in [0.1, 0.15) is 5.75 Å². The molecule has 0 saturated carbocycles. The maximum absolute atomic E-state index is 12.5. The Morgan fingerprint density at radius 1 is 1.12 bits per heavy atom. The van der Waals surface area contributed by atoms with Crippen LogP contribution in [-0.4, -0.2) is 32.3 Å². The Morgan fingerprint density at radius 2 is 1.88 bits per heavy atom. The minimum atomic E-state index is -0.118. The van der Waals surface area contributed by atoms with Crippen molar-refractivity contribution >= 4 is 5.91 Å². The van der Waals surface area contributed by atoms with Gasteiger partial charge in [-0.2, -0.15) is 0 Å². The summed E-state index contributed by atoms with van der Waals surface area (Å²) in [4.78, 5) is 12.5. The lowest BCUT2D eigenvalue weighted by molar-refractivity contribution is 0.0938. The van der Waals surface area contributed by atoms with Crippen molar-refractivity contribution in [1.82, 2.24) is 5.32 Å². The number of hydrogen-bond donors (Lipinski definition) is 1.